The number of likely N-dealkylation sites (tertiary alicyclic amines) is 2. The molecule has 4 rings (SSSR count). The molecule has 2 aliphatic carbocycles. The Morgan fingerprint density at radius 3 is 2.41 bits per heavy atom. The quantitative estimate of drug-likeness (QED) is 0.802. The highest BCUT2D eigenvalue weighted by Gasteiger charge is 2.45. The molecule has 0 aromatic rings. The molecule has 2 N–H and O–H groups in total. The maximum atomic E-state index is 13.2. The molecule has 4 nitrogen and oxygen atoms in total. The number of fused-ring (bicyclic) bond motifs is 3. The smallest absolute Gasteiger partial charge is 0.226 e. The van der Waals surface area contributed by atoms with E-state index in [-0.39, 0.29) is 5.92 Å². The average molecular weight is 305 g/mol. The molecular formula is C18H31N3O. The van der Waals surface area contributed by atoms with Crippen LogP contribution < -0.4 is 5.73 Å². The van der Waals surface area contributed by atoms with Gasteiger partial charge in [-0.05, 0) is 69.9 Å². The molecule has 2 heterocycles. The molecular weight excluding hydrogens is 274 g/mol. The predicted octanol–water partition coefficient (Wildman–Crippen LogP) is 1.69. The van der Waals surface area contributed by atoms with Gasteiger partial charge >= 0.3 is 0 Å². The van der Waals surface area contributed by atoms with Gasteiger partial charge in [0.2, 0.25) is 5.91 Å². The van der Waals surface area contributed by atoms with Crippen LogP contribution in [0.1, 0.15) is 44.9 Å². The topological polar surface area (TPSA) is 49.6 Å². The Kier molecular flexibility index (Phi) is 3.93. The van der Waals surface area contributed by atoms with E-state index in [0.717, 1.165) is 31.8 Å². The molecule has 4 fully saturated rings. The Morgan fingerprint density at radius 2 is 1.68 bits per heavy atom. The summed E-state index contributed by atoms with van der Waals surface area (Å²) >= 11 is 0. The van der Waals surface area contributed by atoms with Crippen LogP contribution >= 0.6 is 0 Å². The molecule has 2 saturated carbocycles. The highest BCUT2D eigenvalue weighted by atomic mass is 16.2. The molecule has 0 aromatic heterocycles. The second-order valence-electron chi connectivity index (χ2n) is 8.40. The Morgan fingerprint density at radius 1 is 1.00 bits per heavy atom. The summed E-state index contributed by atoms with van der Waals surface area (Å²) in [5.74, 6) is 2.70. The normalized spacial score (nSPS) is 45.6. The molecule has 4 aliphatic rings. The fourth-order valence-corrected chi connectivity index (χ4v) is 5.80. The van der Waals surface area contributed by atoms with E-state index in [1.165, 1.54) is 38.6 Å². The summed E-state index contributed by atoms with van der Waals surface area (Å²) in [5, 5.41) is 0. The number of hydrogen-bond donors (Lipinski definition) is 1. The Bertz CT molecular complexity index is 426. The zero-order chi connectivity index (χ0) is 15.3. The van der Waals surface area contributed by atoms with E-state index in [4.69, 9.17) is 5.73 Å². The highest BCUT2D eigenvalue weighted by Crippen LogP contribution is 2.43. The zero-order valence-electron chi connectivity index (χ0n) is 13.9. The van der Waals surface area contributed by atoms with Crippen LogP contribution in [-0.4, -0.2) is 54.5 Å². The number of hydrogen-bond acceptors (Lipinski definition) is 3. The number of nitrogens with zero attached hydrogens (tertiary/aromatic N) is 2. The van der Waals surface area contributed by atoms with Crippen LogP contribution in [0.2, 0.25) is 0 Å². The number of carbonyl (C=O) groups is 1. The Labute approximate surface area is 134 Å². The van der Waals surface area contributed by atoms with Crippen molar-refractivity contribution in [3.8, 4) is 0 Å². The van der Waals surface area contributed by atoms with E-state index in [0.29, 0.717) is 29.8 Å². The first kappa shape index (κ1) is 14.9. The second kappa shape index (κ2) is 5.79. The third-order valence-corrected chi connectivity index (χ3v) is 7.11. The molecule has 124 valence electrons. The lowest BCUT2D eigenvalue weighted by molar-refractivity contribution is -0.140. The van der Waals surface area contributed by atoms with E-state index in [1.807, 2.05) is 0 Å². The summed E-state index contributed by atoms with van der Waals surface area (Å²) in [7, 11) is 2.20. The minimum absolute atomic E-state index is 0.265. The Hall–Kier alpha value is -0.610. The van der Waals surface area contributed by atoms with Crippen molar-refractivity contribution in [2.45, 2.75) is 57.0 Å². The summed E-state index contributed by atoms with van der Waals surface area (Å²) in [4.78, 5) is 17.8. The van der Waals surface area contributed by atoms with Crippen molar-refractivity contribution >= 4 is 5.91 Å². The van der Waals surface area contributed by atoms with Gasteiger partial charge in [0.15, 0.2) is 0 Å². The molecule has 2 saturated heterocycles. The third-order valence-electron chi connectivity index (χ3n) is 7.11. The van der Waals surface area contributed by atoms with E-state index in [9.17, 15) is 4.79 Å². The fraction of sp³-hybridized carbons (Fsp3) is 0.944. The van der Waals surface area contributed by atoms with Crippen LogP contribution in [-0.2, 0) is 4.79 Å². The van der Waals surface area contributed by atoms with E-state index in [1.54, 1.807) is 0 Å². The van der Waals surface area contributed by atoms with Crippen molar-refractivity contribution in [2.24, 2.45) is 29.4 Å². The van der Waals surface area contributed by atoms with Gasteiger partial charge in [0.25, 0.3) is 0 Å². The lowest BCUT2D eigenvalue weighted by Gasteiger charge is -2.45. The molecule has 4 unspecified atom stereocenters. The van der Waals surface area contributed by atoms with Gasteiger partial charge in [0.05, 0.1) is 0 Å². The molecule has 0 aromatic carbocycles. The summed E-state index contributed by atoms with van der Waals surface area (Å²) in [6.45, 7) is 3.28. The van der Waals surface area contributed by atoms with Crippen LogP contribution in [0.3, 0.4) is 0 Å². The minimum Gasteiger partial charge on any atom is -0.338 e. The summed E-state index contributed by atoms with van der Waals surface area (Å²) in [6.07, 6.45) is 8.42. The monoisotopic (exact) mass is 305 g/mol. The second-order valence-corrected chi connectivity index (χ2v) is 8.40. The molecule has 0 spiro atoms. The summed E-state index contributed by atoms with van der Waals surface area (Å²) in [6, 6.07) is 0.853. The van der Waals surface area contributed by atoms with Crippen LogP contribution in [0, 0.1) is 23.7 Å². The van der Waals surface area contributed by atoms with Gasteiger partial charge in [-0.15, -0.1) is 0 Å². The third kappa shape index (κ3) is 2.48. The maximum absolute atomic E-state index is 13.2. The van der Waals surface area contributed by atoms with Gasteiger partial charge in [-0.25, -0.2) is 0 Å². The zero-order valence-corrected chi connectivity index (χ0v) is 13.9. The van der Waals surface area contributed by atoms with E-state index >= 15 is 0 Å². The molecule has 2 aliphatic heterocycles. The SMILES string of the molecule is CN1CCC2CCN(C(=O)C3CC4CCCC(C3)C4N)C2C1. The largest absolute Gasteiger partial charge is 0.338 e. The van der Waals surface area contributed by atoms with Crippen LogP contribution in [0.4, 0.5) is 0 Å². The van der Waals surface area contributed by atoms with Crippen molar-refractivity contribution in [1.82, 2.24) is 9.80 Å². The molecule has 4 atom stereocenters. The first-order valence-electron chi connectivity index (χ1n) is 9.38. The number of nitrogens with two attached hydrogens (primary N) is 1. The van der Waals surface area contributed by atoms with Crippen molar-refractivity contribution in [3.05, 3.63) is 0 Å². The number of carbonyl (C=O) groups excluding carboxylic acids is 1. The van der Waals surface area contributed by atoms with E-state index in [2.05, 4.69) is 16.8 Å². The fourth-order valence-electron chi connectivity index (χ4n) is 5.80. The highest BCUT2D eigenvalue weighted by molar-refractivity contribution is 5.79. The maximum Gasteiger partial charge on any atom is 0.226 e. The van der Waals surface area contributed by atoms with Crippen molar-refractivity contribution in [3.63, 3.8) is 0 Å². The van der Waals surface area contributed by atoms with Crippen LogP contribution in [0.5, 0.6) is 0 Å². The average Bonchev–Trinajstić information content (AvgIpc) is 2.89. The summed E-state index contributed by atoms with van der Waals surface area (Å²) < 4.78 is 0. The van der Waals surface area contributed by atoms with Crippen molar-refractivity contribution in [2.75, 3.05) is 26.7 Å². The standard InChI is InChI=1S/C18H31N3O/c1-20-7-5-12-6-8-21(16(12)11-20)18(22)15-9-13-3-2-4-14(10-15)17(13)19/h12-17H,2-11,19H2,1H3. The predicted molar refractivity (Wildman–Crippen MR) is 87.3 cm³/mol. The van der Waals surface area contributed by atoms with Crippen LogP contribution in [0.15, 0.2) is 0 Å². The number of piperidine rings is 1. The minimum atomic E-state index is 0.265. The number of rotatable bonds is 1. The molecule has 1 amide bonds. The first-order chi connectivity index (χ1) is 10.6. The van der Waals surface area contributed by atoms with Gasteiger partial charge in [-0.1, -0.05) is 6.42 Å². The van der Waals surface area contributed by atoms with Crippen molar-refractivity contribution in [1.29, 1.82) is 0 Å². The van der Waals surface area contributed by atoms with E-state index < -0.39 is 0 Å². The first-order valence-corrected chi connectivity index (χ1v) is 9.38. The van der Waals surface area contributed by atoms with Crippen LogP contribution in [0.25, 0.3) is 0 Å². The van der Waals surface area contributed by atoms with Gasteiger partial charge < -0.3 is 15.5 Å². The molecule has 0 radical (unpaired) electrons. The number of likely N-dealkylation sites (N-methyl/N-ethyl adjacent to an activating group) is 1. The molecule has 2 bridgehead atoms. The van der Waals surface area contributed by atoms with Gasteiger partial charge in [0, 0.05) is 31.1 Å². The van der Waals surface area contributed by atoms with Gasteiger partial charge in [-0.3, -0.25) is 4.79 Å². The Balaban J connectivity index is 1.45. The summed E-state index contributed by atoms with van der Waals surface area (Å²) in [5.41, 5.74) is 6.39. The lowest BCUT2D eigenvalue weighted by atomic mass is 9.65. The molecule has 4 heteroatoms. The van der Waals surface area contributed by atoms with Gasteiger partial charge in [0.1, 0.15) is 0 Å². The van der Waals surface area contributed by atoms with Gasteiger partial charge in [-0.2, -0.15) is 0 Å². The number of amides is 1. The molecule has 22 heavy (non-hydrogen) atoms. The van der Waals surface area contributed by atoms with Crippen molar-refractivity contribution < 1.29 is 4.79 Å². The lowest BCUT2D eigenvalue weighted by Crippen LogP contribution is -2.53.